The number of rotatable bonds is 5. The molecule has 1 fully saturated rings. The standard InChI is InChI=1S/C24H27N3O2/c1-16-9-10-18(13-17(16)2)23(28)26-22(24(29)27-11-5-6-12-27)14-19-15-25-21-8-4-3-7-20(19)21/h3-4,7-10,13,15,22,25H,5-6,11-12,14H2,1-2H3,(H,26,28)/t22-/m0/s1. The van der Waals surface area contributed by atoms with Crippen LogP contribution in [-0.4, -0.2) is 40.8 Å². The molecular weight excluding hydrogens is 362 g/mol. The summed E-state index contributed by atoms with van der Waals surface area (Å²) in [6.45, 7) is 5.55. The van der Waals surface area contributed by atoms with Crippen LogP contribution in [-0.2, 0) is 11.2 Å². The SMILES string of the molecule is Cc1ccc(C(=O)N[C@@H](Cc2c[nH]c3ccccc23)C(=O)N2CCCC2)cc1C. The van der Waals surface area contributed by atoms with Crippen molar-refractivity contribution in [1.82, 2.24) is 15.2 Å². The van der Waals surface area contributed by atoms with Crippen LogP contribution in [0.3, 0.4) is 0 Å². The fourth-order valence-corrected chi connectivity index (χ4v) is 4.00. The van der Waals surface area contributed by atoms with Gasteiger partial charge in [0.05, 0.1) is 0 Å². The van der Waals surface area contributed by atoms with Crippen LogP contribution in [0.4, 0.5) is 0 Å². The third-order valence-electron chi connectivity index (χ3n) is 5.89. The Bertz CT molecular complexity index is 1050. The first-order chi connectivity index (χ1) is 14.0. The van der Waals surface area contributed by atoms with Crippen molar-refractivity contribution < 1.29 is 9.59 Å². The lowest BCUT2D eigenvalue weighted by Crippen LogP contribution is -2.49. The third-order valence-corrected chi connectivity index (χ3v) is 5.89. The lowest BCUT2D eigenvalue weighted by atomic mass is 10.0. The topological polar surface area (TPSA) is 65.2 Å². The number of likely N-dealkylation sites (tertiary alicyclic amines) is 1. The minimum atomic E-state index is -0.582. The van der Waals surface area contributed by atoms with Crippen LogP contribution in [0.2, 0.25) is 0 Å². The molecule has 1 aliphatic rings. The number of aromatic amines is 1. The van der Waals surface area contributed by atoms with Gasteiger partial charge in [0.1, 0.15) is 6.04 Å². The summed E-state index contributed by atoms with van der Waals surface area (Å²) in [6, 6.07) is 13.1. The van der Waals surface area contributed by atoms with Crippen LogP contribution in [0.1, 0.15) is 39.9 Å². The highest BCUT2D eigenvalue weighted by Gasteiger charge is 2.29. The Morgan fingerprint density at radius 1 is 1.07 bits per heavy atom. The molecule has 0 unspecified atom stereocenters. The van der Waals surface area contributed by atoms with Gasteiger partial charge in [0.2, 0.25) is 5.91 Å². The van der Waals surface area contributed by atoms with Crippen LogP contribution in [0.25, 0.3) is 10.9 Å². The molecule has 1 aliphatic heterocycles. The largest absolute Gasteiger partial charge is 0.361 e. The van der Waals surface area contributed by atoms with Crippen LogP contribution < -0.4 is 5.32 Å². The number of carbonyl (C=O) groups excluding carboxylic acids is 2. The van der Waals surface area contributed by atoms with Crippen LogP contribution in [0.5, 0.6) is 0 Å². The molecule has 1 atom stereocenters. The Hall–Kier alpha value is -3.08. The smallest absolute Gasteiger partial charge is 0.251 e. The molecule has 1 saturated heterocycles. The van der Waals surface area contributed by atoms with Gasteiger partial charge in [0.15, 0.2) is 0 Å². The monoisotopic (exact) mass is 389 g/mol. The van der Waals surface area contributed by atoms with Crippen molar-refractivity contribution >= 4 is 22.7 Å². The van der Waals surface area contributed by atoms with E-state index < -0.39 is 6.04 Å². The van der Waals surface area contributed by atoms with Crippen LogP contribution in [0.15, 0.2) is 48.7 Å². The fraction of sp³-hybridized carbons (Fsp3) is 0.333. The van der Waals surface area contributed by atoms with Gasteiger partial charge in [-0.25, -0.2) is 0 Å². The highest BCUT2D eigenvalue weighted by molar-refractivity contribution is 5.98. The maximum atomic E-state index is 13.2. The second-order valence-corrected chi connectivity index (χ2v) is 7.92. The van der Waals surface area contributed by atoms with Gasteiger partial charge in [0.25, 0.3) is 5.91 Å². The Labute approximate surface area is 171 Å². The molecule has 29 heavy (non-hydrogen) atoms. The number of fused-ring (bicyclic) bond motifs is 1. The van der Waals surface area contributed by atoms with Crippen molar-refractivity contribution in [1.29, 1.82) is 0 Å². The molecule has 150 valence electrons. The average molecular weight is 389 g/mol. The van der Waals surface area contributed by atoms with Crippen molar-refractivity contribution in [3.63, 3.8) is 0 Å². The van der Waals surface area contributed by atoms with Gasteiger partial charge in [-0.05, 0) is 61.6 Å². The van der Waals surface area contributed by atoms with Gasteiger partial charge in [-0.2, -0.15) is 0 Å². The van der Waals surface area contributed by atoms with Crippen molar-refractivity contribution in [2.45, 2.75) is 39.2 Å². The van der Waals surface area contributed by atoms with Crippen LogP contribution in [0, 0.1) is 13.8 Å². The second kappa shape index (κ2) is 8.11. The summed E-state index contributed by atoms with van der Waals surface area (Å²) in [4.78, 5) is 31.3. The molecule has 2 N–H and O–H groups in total. The Kier molecular flexibility index (Phi) is 5.38. The first-order valence-electron chi connectivity index (χ1n) is 10.2. The van der Waals surface area contributed by atoms with Gasteiger partial charge in [-0.1, -0.05) is 24.3 Å². The van der Waals surface area contributed by atoms with Gasteiger partial charge < -0.3 is 15.2 Å². The second-order valence-electron chi connectivity index (χ2n) is 7.92. The number of hydrogen-bond donors (Lipinski definition) is 2. The van der Waals surface area contributed by atoms with Crippen molar-refractivity contribution in [2.75, 3.05) is 13.1 Å². The van der Waals surface area contributed by atoms with E-state index >= 15 is 0 Å². The van der Waals surface area contributed by atoms with E-state index in [4.69, 9.17) is 0 Å². The molecule has 4 rings (SSSR count). The molecule has 2 heterocycles. The van der Waals surface area contributed by atoms with Gasteiger partial charge in [-0.3, -0.25) is 9.59 Å². The summed E-state index contributed by atoms with van der Waals surface area (Å²) in [5.41, 5.74) is 4.88. The Morgan fingerprint density at radius 3 is 2.59 bits per heavy atom. The van der Waals surface area contributed by atoms with E-state index in [0.29, 0.717) is 12.0 Å². The van der Waals surface area contributed by atoms with Gasteiger partial charge >= 0.3 is 0 Å². The summed E-state index contributed by atoms with van der Waals surface area (Å²) in [6.07, 6.45) is 4.46. The van der Waals surface area contributed by atoms with Crippen molar-refractivity contribution in [3.05, 3.63) is 70.9 Å². The number of carbonyl (C=O) groups is 2. The third kappa shape index (κ3) is 4.04. The number of aromatic nitrogens is 1. The number of benzene rings is 2. The lowest BCUT2D eigenvalue weighted by Gasteiger charge is -2.24. The maximum absolute atomic E-state index is 13.2. The molecule has 0 aliphatic carbocycles. The molecule has 0 radical (unpaired) electrons. The molecule has 1 aromatic heterocycles. The number of para-hydroxylation sites is 1. The molecule has 2 amide bonds. The molecule has 0 saturated carbocycles. The van der Waals surface area contributed by atoms with E-state index in [1.165, 1.54) is 0 Å². The predicted octanol–water partition coefficient (Wildman–Crippen LogP) is 3.75. The number of aryl methyl sites for hydroxylation is 2. The maximum Gasteiger partial charge on any atom is 0.251 e. The molecule has 3 aromatic rings. The molecule has 0 spiro atoms. The molecule has 5 nitrogen and oxygen atoms in total. The minimum Gasteiger partial charge on any atom is -0.361 e. The van der Waals surface area contributed by atoms with Crippen LogP contribution >= 0.6 is 0 Å². The normalized spacial score (nSPS) is 14.9. The first kappa shape index (κ1) is 19.2. The quantitative estimate of drug-likeness (QED) is 0.698. The average Bonchev–Trinajstić information content (AvgIpc) is 3.39. The van der Waals surface area contributed by atoms with E-state index in [9.17, 15) is 9.59 Å². The molecule has 5 heteroatoms. The summed E-state index contributed by atoms with van der Waals surface area (Å²) in [7, 11) is 0. The predicted molar refractivity (Wildman–Crippen MR) is 115 cm³/mol. The fourth-order valence-electron chi connectivity index (χ4n) is 4.00. The minimum absolute atomic E-state index is 0.00460. The first-order valence-corrected chi connectivity index (χ1v) is 10.2. The van der Waals surface area contributed by atoms with E-state index in [1.54, 1.807) is 0 Å². The van der Waals surface area contributed by atoms with E-state index in [1.807, 2.05) is 67.4 Å². The van der Waals surface area contributed by atoms with E-state index in [2.05, 4.69) is 10.3 Å². The number of hydrogen-bond acceptors (Lipinski definition) is 2. The van der Waals surface area contributed by atoms with Gasteiger partial charge in [0, 0.05) is 42.2 Å². The zero-order chi connectivity index (χ0) is 20.4. The number of H-pyrrole nitrogens is 1. The van der Waals surface area contributed by atoms with E-state index in [-0.39, 0.29) is 11.8 Å². The number of amides is 2. The molecular formula is C24H27N3O2. The van der Waals surface area contributed by atoms with Crippen molar-refractivity contribution in [2.24, 2.45) is 0 Å². The summed E-state index contributed by atoms with van der Waals surface area (Å²) >= 11 is 0. The zero-order valence-electron chi connectivity index (χ0n) is 17.0. The summed E-state index contributed by atoms with van der Waals surface area (Å²) in [5.74, 6) is -0.199. The van der Waals surface area contributed by atoms with Crippen molar-refractivity contribution in [3.8, 4) is 0 Å². The number of nitrogens with zero attached hydrogens (tertiary/aromatic N) is 1. The molecule has 0 bridgehead atoms. The lowest BCUT2D eigenvalue weighted by molar-refractivity contribution is -0.132. The highest BCUT2D eigenvalue weighted by atomic mass is 16.2. The highest BCUT2D eigenvalue weighted by Crippen LogP contribution is 2.21. The number of nitrogens with one attached hydrogen (secondary N) is 2. The summed E-state index contributed by atoms with van der Waals surface area (Å²) < 4.78 is 0. The summed E-state index contributed by atoms with van der Waals surface area (Å²) in [5, 5.41) is 4.11. The Balaban J connectivity index is 1.60. The zero-order valence-corrected chi connectivity index (χ0v) is 17.0. The Morgan fingerprint density at radius 2 is 1.83 bits per heavy atom. The van der Waals surface area contributed by atoms with E-state index in [0.717, 1.165) is 53.5 Å². The van der Waals surface area contributed by atoms with Gasteiger partial charge in [-0.15, -0.1) is 0 Å². The molecule has 2 aromatic carbocycles.